The Hall–Kier alpha value is -1.54. The number of nitrogens with zero attached hydrogens (tertiary/aromatic N) is 1. The molecular weight excluding hydrogens is 299 g/mol. The van der Waals surface area contributed by atoms with Crippen molar-refractivity contribution in [3.05, 3.63) is 24.3 Å². The van der Waals surface area contributed by atoms with Crippen LogP contribution in [-0.4, -0.2) is 30.5 Å². The Morgan fingerprint density at radius 1 is 1.48 bits per heavy atom. The maximum Gasteiger partial charge on any atom is 0.310 e. The van der Waals surface area contributed by atoms with Crippen molar-refractivity contribution < 1.29 is 22.7 Å². The van der Waals surface area contributed by atoms with Crippen LogP contribution in [-0.2, 0) is 14.8 Å². The molecule has 116 valence electrons. The number of carboxylic acid groups (broad SMARTS) is 1. The molecule has 2 unspecified atom stereocenters. The van der Waals surface area contributed by atoms with Gasteiger partial charge in [0.1, 0.15) is 10.7 Å². The highest BCUT2D eigenvalue weighted by Crippen LogP contribution is 2.37. The van der Waals surface area contributed by atoms with E-state index in [0.29, 0.717) is 12.8 Å². The van der Waals surface area contributed by atoms with Gasteiger partial charge in [0.15, 0.2) is 0 Å². The first-order chi connectivity index (χ1) is 9.75. The summed E-state index contributed by atoms with van der Waals surface area (Å²) in [6, 6.07) is 0.132. The Balaban J connectivity index is 2.28. The fourth-order valence-electron chi connectivity index (χ4n) is 2.57. The number of rotatable bonds is 4. The quantitative estimate of drug-likeness (QED) is 0.878. The van der Waals surface area contributed by atoms with Crippen molar-refractivity contribution in [3.63, 3.8) is 0 Å². The Kier molecular flexibility index (Phi) is 4.29. The number of hydrogen-bond donors (Lipinski definition) is 2. The predicted molar refractivity (Wildman–Crippen MR) is 72.5 cm³/mol. The van der Waals surface area contributed by atoms with E-state index in [2.05, 4.69) is 9.71 Å². The van der Waals surface area contributed by atoms with Gasteiger partial charge in [-0.3, -0.25) is 9.78 Å². The molecule has 1 aromatic heterocycles. The number of sulfonamides is 1. The smallest absolute Gasteiger partial charge is 0.310 e. The van der Waals surface area contributed by atoms with Crippen molar-refractivity contribution >= 4 is 16.0 Å². The van der Waals surface area contributed by atoms with Crippen LogP contribution in [0.1, 0.15) is 32.6 Å². The highest BCUT2D eigenvalue weighted by atomic mass is 32.2. The van der Waals surface area contributed by atoms with Gasteiger partial charge in [0.2, 0.25) is 10.0 Å². The Morgan fingerprint density at radius 2 is 2.19 bits per heavy atom. The third-order valence-electron chi connectivity index (χ3n) is 3.98. The van der Waals surface area contributed by atoms with E-state index in [1.165, 1.54) is 6.92 Å². The van der Waals surface area contributed by atoms with Crippen LogP contribution >= 0.6 is 0 Å². The molecule has 1 fully saturated rings. The maximum atomic E-state index is 13.1. The second-order valence-electron chi connectivity index (χ2n) is 5.48. The molecule has 21 heavy (non-hydrogen) atoms. The lowest BCUT2D eigenvalue weighted by molar-refractivity contribution is -0.151. The lowest BCUT2D eigenvalue weighted by Gasteiger charge is -2.38. The van der Waals surface area contributed by atoms with E-state index < -0.39 is 33.3 Å². The van der Waals surface area contributed by atoms with E-state index in [9.17, 15) is 22.7 Å². The van der Waals surface area contributed by atoms with Gasteiger partial charge in [0.25, 0.3) is 0 Å². The summed E-state index contributed by atoms with van der Waals surface area (Å²) in [5, 5.41) is 9.37. The first kappa shape index (κ1) is 15.8. The molecule has 1 aromatic rings. The van der Waals surface area contributed by atoms with Crippen molar-refractivity contribution in [3.8, 4) is 0 Å². The van der Waals surface area contributed by atoms with Crippen LogP contribution in [0, 0.1) is 11.2 Å². The molecule has 0 amide bonds. The molecule has 0 saturated heterocycles. The number of carbonyl (C=O) groups is 1. The van der Waals surface area contributed by atoms with Gasteiger partial charge in [-0.15, -0.1) is 0 Å². The summed E-state index contributed by atoms with van der Waals surface area (Å²) < 4.78 is 40.0. The number of nitrogens with one attached hydrogen (secondary N) is 1. The normalized spacial score (nSPS) is 26.5. The third kappa shape index (κ3) is 3.21. The minimum Gasteiger partial charge on any atom is -0.481 e. The molecule has 2 rings (SSSR count). The van der Waals surface area contributed by atoms with Crippen LogP contribution in [0.2, 0.25) is 0 Å². The number of aliphatic carboxylic acids is 1. The number of hydrogen-bond acceptors (Lipinski definition) is 4. The molecule has 0 aromatic carbocycles. The van der Waals surface area contributed by atoms with Crippen molar-refractivity contribution in [2.45, 2.75) is 43.5 Å². The number of carboxylic acids is 1. The minimum atomic E-state index is -4.00. The van der Waals surface area contributed by atoms with Crippen LogP contribution in [0.3, 0.4) is 0 Å². The zero-order valence-corrected chi connectivity index (χ0v) is 12.4. The van der Waals surface area contributed by atoms with Crippen LogP contribution in [0.15, 0.2) is 23.4 Å². The zero-order chi connectivity index (χ0) is 15.7. The van der Waals surface area contributed by atoms with Gasteiger partial charge in [0, 0.05) is 12.2 Å². The summed E-state index contributed by atoms with van der Waals surface area (Å²) in [6.45, 7) is 1.53. The lowest BCUT2D eigenvalue weighted by atomic mass is 9.72. The first-order valence-electron chi connectivity index (χ1n) is 6.62. The second kappa shape index (κ2) is 5.69. The highest BCUT2D eigenvalue weighted by Gasteiger charge is 2.44. The summed E-state index contributed by atoms with van der Waals surface area (Å²) in [5.41, 5.74) is -1.16. The van der Waals surface area contributed by atoms with Gasteiger partial charge < -0.3 is 5.11 Å². The van der Waals surface area contributed by atoms with Crippen molar-refractivity contribution in [1.82, 2.24) is 9.71 Å². The van der Waals surface area contributed by atoms with Crippen LogP contribution in [0.5, 0.6) is 0 Å². The van der Waals surface area contributed by atoms with Crippen molar-refractivity contribution in [2.24, 2.45) is 5.41 Å². The predicted octanol–water partition coefficient (Wildman–Crippen LogP) is 1.53. The molecular formula is C13H17FN2O4S. The summed E-state index contributed by atoms with van der Waals surface area (Å²) in [5.74, 6) is -1.80. The minimum absolute atomic E-state index is 0.305. The lowest BCUT2D eigenvalue weighted by Crippen LogP contribution is -2.52. The van der Waals surface area contributed by atoms with E-state index in [0.717, 1.165) is 31.3 Å². The topological polar surface area (TPSA) is 96.4 Å². The van der Waals surface area contributed by atoms with Crippen LogP contribution < -0.4 is 4.72 Å². The summed E-state index contributed by atoms with van der Waals surface area (Å²) in [6.07, 6.45) is 4.26. The molecule has 0 spiro atoms. The van der Waals surface area contributed by atoms with E-state index in [1.54, 1.807) is 0 Å². The van der Waals surface area contributed by atoms with Gasteiger partial charge in [-0.1, -0.05) is 12.8 Å². The molecule has 1 aliphatic carbocycles. The largest absolute Gasteiger partial charge is 0.481 e. The SMILES string of the molecule is CC1(C(=O)O)CCCCC1NS(=O)(=O)c1cncc(F)c1. The monoisotopic (exact) mass is 316 g/mol. The van der Waals surface area contributed by atoms with E-state index >= 15 is 0 Å². The van der Waals surface area contributed by atoms with E-state index in [-0.39, 0.29) is 4.90 Å². The number of halogens is 1. The van der Waals surface area contributed by atoms with Crippen molar-refractivity contribution in [2.75, 3.05) is 0 Å². The molecule has 1 heterocycles. The highest BCUT2D eigenvalue weighted by molar-refractivity contribution is 7.89. The van der Waals surface area contributed by atoms with E-state index in [1.807, 2.05) is 0 Å². The van der Waals surface area contributed by atoms with Gasteiger partial charge >= 0.3 is 5.97 Å². The fourth-order valence-corrected chi connectivity index (χ4v) is 3.93. The average molecular weight is 316 g/mol. The molecule has 1 aliphatic rings. The molecule has 6 nitrogen and oxygen atoms in total. The van der Waals surface area contributed by atoms with Crippen LogP contribution in [0.25, 0.3) is 0 Å². The maximum absolute atomic E-state index is 13.1. The molecule has 2 N–H and O–H groups in total. The van der Waals surface area contributed by atoms with Gasteiger partial charge in [0.05, 0.1) is 11.6 Å². The van der Waals surface area contributed by atoms with Gasteiger partial charge in [-0.2, -0.15) is 0 Å². The number of aromatic nitrogens is 1. The number of pyridine rings is 1. The average Bonchev–Trinajstić information content (AvgIpc) is 2.41. The first-order valence-corrected chi connectivity index (χ1v) is 8.10. The van der Waals surface area contributed by atoms with Gasteiger partial charge in [-0.05, 0) is 25.8 Å². The molecule has 8 heteroatoms. The molecule has 0 radical (unpaired) electrons. The molecule has 0 aliphatic heterocycles. The fraction of sp³-hybridized carbons (Fsp3) is 0.538. The summed E-state index contributed by atoms with van der Waals surface area (Å²) >= 11 is 0. The second-order valence-corrected chi connectivity index (χ2v) is 7.20. The summed E-state index contributed by atoms with van der Waals surface area (Å²) in [4.78, 5) is 14.7. The standard InChI is InChI=1S/C13H17FN2O4S/c1-13(12(17)18)5-3-2-4-11(13)16-21(19,20)10-6-9(14)7-15-8-10/h6-8,11,16H,2-5H2,1H3,(H,17,18). The summed E-state index contributed by atoms with van der Waals surface area (Å²) in [7, 11) is -4.00. The van der Waals surface area contributed by atoms with E-state index in [4.69, 9.17) is 0 Å². The Morgan fingerprint density at radius 3 is 2.81 bits per heavy atom. The van der Waals surface area contributed by atoms with Gasteiger partial charge in [-0.25, -0.2) is 17.5 Å². The third-order valence-corrected chi connectivity index (χ3v) is 5.42. The van der Waals surface area contributed by atoms with Crippen LogP contribution in [0.4, 0.5) is 4.39 Å². The Labute approximate surface area is 122 Å². The zero-order valence-electron chi connectivity index (χ0n) is 11.5. The molecule has 0 bridgehead atoms. The molecule has 1 saturated carbocycles. The molecule has 2 atom stereocenters. The Bertz CT molecular complexity index is 649. The van der Waals surface area contributed by atoms with Crippen molar-refractivity contribution in [1.29, 1.82) is 0 Å².